The number of aromatic nitrogens is 2. The number of aryl methyl sites for hydroxylation is 1. The number of carbonyl (C=O) groups excluding carboxylic acids is 1. The summed E-state index contributed by atoms with van der Waals surface area (Å²) >= 11 is 5.96. The van der Waals surface area contributed by atoms with Gasteiger partial charge < -0.3 is 10.6 Å². The van der Waals surface area contributed by atoms with Crippen LogP contribution in [0, 0.1) is 6.92 Å². The zero-order valence-electron chi connectivity index (χ0n) is 11.1. The van der Waals surface area contributed by atoms with Crippen LogP contribution in [-0.4, -0.2) is 22.4 Å². The van der Waals surface area contributed by atoms with Gasteiger partial charge in [0.05, 0.1) is 28.6 Å². The average molecular weight is 291 g/mol. The summed E-state index contributed by atoms with van der Waals surface area (Å²) in [6.45, 7) is 2.55. The molecule has 1 aromatic heterocycles. The minimum absolute atomic E-state index is 0.154. The molecule has 0 saturated heterocycles. The lowest BCUT2D eigenvalue weighted by atomic mass is 10.3. The van der Waals surface area contributed by atoms with Gasteiger partial charge in [-0.05, 0) is 19.1 Å². The second-order valence-corrected chi connectivity index (χ2v) is 4.69. The zero-order chi connectivity index (χ0) is 14.4. The fourth-order valence-electron chi connectivity index (χ4n) is 1.57. The molecule has 0 spiro atoms. The third kappa shape index (κ3) is 4.29. The number of amides is 1. The van der Waals surface area contributed by atoms with E-state index in [-0.39, 0.29) is 12.5 Å². The maximum Gasteiger partial charge on any atom is 0.238 e. The Labute approximate surface area is 122 Å². The monoisotopic (exact) mass is 290 g/mol. The number of hydrogen-bond donors (Lipinski definition) is 2. The summed E-state index contributed by atoms with van der Waals surface area (Å²) in [4.78, 5) is 20.1. The van der Waals surface area contributed by atoms with Crippen LogP contribution in [-0.2, 0) is 11.3 Å². The van der Waals surface area contributed by atoms with E-state index in [0.717, 1.165) is 11.4 Å². The van der Waals surface area contributed by atoms with Crippen molar-refractivity contribution in [2.45, 2.75) is 13.5 Å². The summed E-state index contributed by atoms with van der Waals surface area (Å²) in [7, 11) is 0. The lowest BCUT2D eigenvalue weighted by Crippen LogP contribution is -2.28. The van der Waals surface area contributed by atoms with Crippen molar-refractivity contribution >= 4 is 23.2 Å². The van der Waals surface area contributed by atoms with Gasteiger partial charge in [-0.25, -0.2) is 0 Å². The minimum Gasteiger partial charge on any atom is -0.324 e. The van der Waals surface area contributed by atoms with Crippen molar-refractivity contribution in [3.05, 3.63) is 53.1 Å². The second kappa shape index (κ2) is 6.98. The van der Waals surface area contributed by atoms with Gasteiger partial charge in [-0.2, -0.15) is 0 Å². The Bertz CT molecular complexity index is 586. The number of nitrogens with one attached hydrogen (secondary N) is 2. The molecule has 2 aromatic rings. The molecule has 0 aliphatic rings. The lowest BCUT2D eigenvalue weighted by molar-refractivity contribution is -0.115. The first-order chi connectivity index (χ1) is 9.65. The molecule has 0 fully saturated rings. The van der Waals surface area contributed by atoms with E-state index in [1.54, 1.807) is 24.5 Å². The maximum absolute atomic E-state index is 11.7. The molecule has 0 atom stereocenters. The third-order valence-corrected chi connectivity index (χ3v) is 2.90. The molecule has 2 rings (SSSR count). The van der Waals surface area contributed by atoms with Crippen LogP contribution in [0.25, 0.3) is 0 Å². The number of anilines is 1. The topological polar surface area (TPSA) is 66.9 Å². The highest BCUT2D eigenvalue weighted by Crippen LogP contribution is 2.19. The van der Waals surface area contributed by atoms with E-state index in [1.165, 1.54) is 0 Å². The van der Waals surface area contributed by atoms with E-state index in [1.807, 2.05) is 19.1 Å². The van der Waals surface area contributed by atoms with Gasteiger partial charge in [0.25, 0.3) is 0 Å². The molecule has 0 aliphatic heterocycles. The number of benzene rings is 1. The van der Waals surface area contributed by atoms with Crippen LogP contribution in [0.5, 0.6) is 0 Å². The average Bonchev–Trinajstić information content (AvgIpc) is 2.44. The van der Waals surface area contributed by atoms with Gasteiger partial charge >= 0.3 is 0 Å². The summed E-state index contributed by atoms with van der Waals surface area (Å²) in [5.41, 5.74) is 2.27. The summed E-state index contributed by atoms with van der Waals surface area (Å²) in [5, 5.41) is 6.26. The maximum atomic E-state index is 11.7. The van der Waals surface area contributed by atoms with Crippen molar-refractivity contribution in [3.63, 3.8) is 0 Å². The van der Waals surface area contributed by atoms with Gasteiger partial charge in [-0.15, -0.1) is 0 Å². The van der Waals surface area contributed by atoms with Gasteiger partial charge in [-0.3, -0.25) is 14.8 Å². The number of para-hydroxylation sites is 1. The van der Waals surface area contributed by atoms with Crippen LogP contribution >= 0.6 is 11.6 Å². The van der Waals surface area contributed by atoms with Crippen molar-refractivity contribution < 1.29 is 4.79 Å². The molecule has 0 unspecified atom stereocenters. The van der Waals surface area contributed by atoms with Gasteiger partial charge in [-0.1, -0.05) is 23.7 Å². The quantitative estimate of drug-likeness (QED) is 0.885. The van der Waals surface area contributed by atoms with Gasteiger partial charge in [0.2, 0.25) is 5.91 Å². The van der Waals surface area contributed by atoms with Gasteiger partial charge in [0, 0.05) is 18.9 Å². The van der Waals surface area contributed by atoms with Crippen LogP contribution in [0.1, 0.15) is 11.4 Å². The Morgan fingerprint density at radius 2 is 2.05 bits per heavy atom. The highest BCUT2D eigenvalue weighted by Gasteiger charge is 2.05. The smallest absolute Gasteiger partial charge is 0.238 e. The SMILES string of the molecule is Cc1cnc(CNCC(=O)Nc2ccccc2Cl)cn1. The molecular weight excluding hydrogens is 276 g/mol. The summed E-state index contributed by atoms with van der Waals surface area (Å²) in [5.74, 6) is -0.154. The highest BCUT2D eigenvalue weighted by molar-refractivity contribution is 6.33. The summed E-state index contributed by atoms with van der Waals surface area (Å²) < 4.78 is 0. The molecular formula is C14H15ClN4O. The fraction of sp³-hybridized carbons (Fsp3) is 0.214. The standard InChI is InChI=1S/C14H15ClN4O/c1-10-6-18-11(8-17-10)7-16-9-14(20)19-13-5-3-2-4-12(13)15/h2-6,8,16H,7,9H2,1H3,(H,19,20). The van der Waals surface area contributed by atoms with E-state index < -0.39 is 0 Å². The van der Waals surface area contributed by atoms with Crippen LogP contribution < -0.4 is 10.6 Å². The molecule has 104 valence electrons. The number of nitrogens with zero attached hydrogens (tertiary/aromatic N) is 2. The van der Waals surface area contributed by atoms with Crippen LogP contribution in [0.4, 0.5) is 5.69 Å². The highest BCUT2D eigenvalue weighted by atomic mass is 35.5. The van der Waals surface area contributed by atoms with E-state index in [2.05, 4.69) is 20.6 Å². The van der Waals surface area contributed by atoms with Crippen LogP contribution in [0.15, 0.2) is 36.7 Å². The molecule has 6 heteroatoms. The molecule has 1 amide bonds. The van der Waals surface area contributed by atoms with Crippen molar-refractivity contribution in [1.82, 2.24) is 15.3 Å². The van der Waals surface area contributed by atoms with Crippen LogP contribution in [0.2, 0.25) is 5.02 Å². The van der Waals surface area contributed by atoms with E-state index in [9.17, 15) is 4.79 Å². The summed E-state index contributed by atoms with van der Waals surface area (Å²) in [6.07, 6.45) is 3.38. The Morgan fingerprint density at radius 3 is 2.75 bits per heavy atom. The van der Waals surface area contributed by atoms with Crippen LogP contribution in [0.3, 0.4) is 0 Å². The molecule has 20 heavy (non-hydrogen) atoms. The molecule has 2 N–H and O–H groups in total. The Hall–Kier alpha value is -1.98. The minimum atomic E-state index is -0.154. The predicted octanol–water partition coefficient (Wildman–Crippen LogP) is 2.17. The number of hydrogen-bond acceptors (Lipinski definition) is 4. The number of rotatable bonds is 5. The normalized spacial score (nSPS) is 10.3. The first kappa shape index (κ1) is 14.4. The van der Waals surface area contributed by atoms with Crippen molar-refractivity contribution in [2.24, 2.45) is 0 Å². The predicted molar refractivity (Wildman–Crippen MR) is 78.6 cm³/mol. The van der Waals surface area contributed by atoms with Crippen molar-refractivity contribution in [2.75, 3.05) is 11.9 Å². The molecule has 0 radical (unpaired) electrons. The largest absolute Gasteiger partial charge is 0.324 e. The third-order valence-electron chi connectivity index (χ3n) is 2.57. The Balaban J connectivity index is 1.78. The molecule has 0 aliphatic carbocycles. The lowest BCUT2D eigenvalue weighted by Gasteiger charge is -2.07. The van der Waals surface area contributed by atoms with Crippen molar-refractivity contribution in [1.29, 1.82) is 0 Å². The Morgan fingerprint density at radius 1 is 1.25 bits per heavy atom. The first-order valence-electron chi connectivity index (χ1n) is 6.18. The van der Waals surface area contributed by atoms with Gasteiger partial charge in [0.1, 0.15) is 0 Å². The molecule has 1 heterocycles. The second-order valence-electron chi connectivity index (χ2n) is 4.28. The first-order valence-corrected chi connectivity index (χ1v) is 6.55. The summed E-state index contributed by atoms with van der Waals surface area (Å²) in [6, 6.07) is 7.11. The van der Waals surface area contributed by atoms with E-state index in [0.29, 0.717) is 17.3 Å². The van der Waals surface area contributed by atoms with E-state index in [4.69, 9.17) is 11.6 Å². The zero-order valence-corrected chi connectivity index (χ0v) is 11.8. The number of halogens is 1. The fourth-order valence-corrected chi connectivity index (χ4v) is 1.75. The molecule has 0 bridgehead atoms. The number of carbonyl (C=O) groups is 1. The molecule has 1 aromatic carbocycles. The van der Waals surface area contributed by atoms with Crippen molar-refractivity contribution in [3.8, 4) is 0 Å². The molecule has 0 saturated carbocycles. The van der Waals surface area contributed by atoms with Gasteiger partial charge in [0.15, 0.2) is 0 Å². The Kier molecular flexibility index (Phi) is 5.03. The van der Waals surface area contributed by atoms with E-state index >= 15 is 0 Å². The molecule has 5 nitrogen and oxygen atoms in total.